The van der Waals surface area contributed by atoms with Crippen LogP contribution in [0.2, 0.25) is 5.15 Å². The normalized spacial score (nSPS) is 24.1. The predicted octanol–water partition coefficient (Wildman–Crippen LogP) is 2.26. The lowest BCUT2D eigenvalue weighted by Crippen LogP contribution is -2.45. The summed E-state index contributed by atoms with van der Waals surface area (Å²) in [6.07, 6.45) is 0.203. The summed E-state index contributed by atoms with van der Waals surface area (Å²) in [6.45, 7) is 5.36. The largest absolute Gasteiger partial charge is 0.372 e. The number of hydrogen-bond donors (Lipinski definition) is 0. The molecule has 2 atom stereocenters. The highest BCUT2D eigenvalue weighted by atomic mass is 35.5. The molecule has 0 bridgehead atoms. The first kappa shape index (κ1) is 13.0. The SMILES string of the molecule is C[C@@H]1CN(c2ccc([N+](=O)[O-])c(Cl)n2)C[C@@H](C)O1. The summed E-state index contributed by atoms with van der Waals surface area (Å²) in [6, 6.07) is 3.00. The Labute approximate surface area is 110 Å². The number of anilines is 1. The number of ether oxygens (including phenoxy) is 1. The van der Waals surface area contributed by atoms with E-state index in [0.29, 0.717) is 18.9 Å². The van der Waals surface area contributed by atoms with Gasteiger partial charge in [0.1, 0.15) is 5.82 Å². The van der Waals surface area contributed by atoms with Crippen LogP contribution in [-0.4, -0.2) is 35.2 Å². The molecule has 18 heavy (non-hydrogen) atoms. The molecule has 98 valence electrons. The standard InChI is InChI=1S/C11H14ClN3O3/c1-7-5-14(6-8(2)18-7)10-4-3-9(15(16)17)11(12)13-10/h3-4,7-8H,5-6H2,1-2H3/t7-,8-/m1/s1. The van der Waals surface area contributed by atoms with Gasteiger partial charge in [-0.2, -0.15) is 0 Å². The van der Waals surface area contributed by atoms with E-state index in [2.05, 4.69) is 4.98 Å². The van der Waals surface area contributed by atoms with E-state index in [0.717, 1.165) is 0 Å². The van der Waals surface area contributed by atoms with Crippen molar-refractivity contribution in [2.45, 2.75) is 26.1 Å². The molecule has 0 spiro atoms. The van der Waals surface area contributed by atoms with E-state index in [9.17, 15) is 10.1 Å². The fraction of sp³-hybridized carbons (Fsp3) is 0.545. The highest BCUT2D eigenvalue weighted by Crippen LogP contribution is 2.26. The lowest BCUT2D eigenvalue weighted by atomic mass is 10.2. The number of rotatable bonds is 2. The van der Waals surface area contributed by atoms with Crippen LogP contribution in [0.4, 0.5) is 11.5 Å². The van der Waals surface area contributed by atoms with Crippen LogP contribution in [0, 0.1) is 10.1 Å². The number of pyridine rings is 1. The van der Waals surface area contributed by atoms with Crippen molar-refractivity contribution >= 4 is 23.1 Å². The zero-order valence-electron chi connectivity index (χ0n) is 10.2. The molecule has 1 saturated heterocycles. The minimum Gasteiger partial charge on any atom is -0.372 e. The Morgan fingerprint density at radius 3 is 2.56 bits per heavy atom. The molecule has 1 aromatic rings. The molecule has 1 aliphatic heterocycles. The Balaban J connectivity index is 2.23. The van der Waals surface area contributed by atoms with Crippen molar-refractivity contribution < 1.29 is 9.66 Å². The zero-order chi connectivity index (χ0) is 13.3. The molecule has 2 heterocycles. The smallest absolute Gasteiger partial charge is 0.306 e. The molecule has 2 rings (SSSR count). The Morgan fingerprint density at radius 1 is 1.44 bits per heavy atom. The summed E-state index contributed by atoms with van der Waals surface area (Å²) in [5.41, 5.74) is -0.172. The van der Waals surface area contributed by atoms with E-state index in [-0.39, 0.29) is 23.0 Å². The van der Waals surface area contributed by atoms with Gasteiger partial charge in [-0.3, -0.25) is 10.1 Å². The van der Waals surface area contributed by atoms with Crippen LogP contribution < -0.4 is 4.90 Å². The number of halogens is 1. The molecule has 0 N–H and O–H groups in total. The Hall–Kier alpha value is -1.40. The first-order chi connectivity index (χ1) is 8.47. The maximum absolute atomic E-state index is 10.7. The molecule has 1 fully saturated rings. The highest BCUT2D eigenvalue weighted by molar-refractivity contribution is 6.31. The minimum atomic E-state index is -0.538. The van der Waals surface area contributed by atoms with Gasteiger partial charge >= 0.3 is 5.69 Å². The van der Waals surface area contributed by atoms with Crippen molar-refractivity contribution in [1.29, 1.82) is 0 Å². The summed E-state index contributed by atoms with van der Waals surface area (Å²) in [5, 5.41) is 10.6. The van der Waals surface area contributed by atoms with Crippen LogP contribution in [0.1, 0.15) is 13.8 Å². The third kappa shape index (κ3) is 2.70. The molecule has 0 aromatic carbocycles. The van der Waals surface area contributed by atoms with Crippen molar-refractivity contribution in [1.82, 2.24) is 4.98 Å². The predicted molar refractivity (Wildman–Crippen MR) is 68.1 cm³/mol. The van der Waals surface area contributed by atoms with Crippen LogP contribution in [0.25, 0.3) is 0 Å². The number of nitro groups is 1. The second-order valence-corrected chi connectivity index (χ2v) is 4.76. The van der Waals surface area contributed by atoms with Crippen LogP contribution in [0.3, 0.4) is 0 Å². The average molecular weight is 272 g/mol. The second kappa shape index (κ2) is 5.07. The van der Waals surface area contributed by atoms with E-state index < -0.39 is 4.92 Å². The van der Waals surface area contributed by atoms with Crippen LogP contribution >= 0.6 is 11.6 Å². The van der Waals surface area contributed by atoms with Crippen molar-refractivity contribution in [2.75, 3.05) is 18.0 Å². The lowest BCUT2D eigenvalue weighted by molar-refractivity contribution is -0.385. The van der Waals surface area contributed by atoms with Crippen LogP contribution in [0.5, 0.6) is 0 Å². The van der Waals surface area contributed by atoms with Gasteiger partial charge < -0.3 is 9.64 Å². The molecule has 1 aliphatic rings. The van der Waals surface area contributed by atoms with Crippen LogP contribution in [-0.2, 0) is 4.74 Å². The number of morpholine rings is 1. The molecule has 0 unspecified atom stereocenters. The molecule has 0 radical (unpaired) electrons. The maximum Gasteiger partial charge on any atom is 0.306 e. The zero-order valence-corrected chi connectivity index (χ0v) is 10.9. The highest BCUT2D eigenvalue weighted by Gasteiger charge is 2.24. The minimum absolute atomic E-state index is 0.0794. The van der Waals surface area contributed by atoms with E-state index in [1.807, 2.05) is 18.7 Å². The van der Waals surface area contributed by atoms with E-state index >= 15 is 0 Å². The van der Waals surface area contributed by atoms with Gasteiger partial charge in [-0.1, -0.05) is 11.6 Å². The van der Waals surface area contributed by atoms with E-state index in [1.165, 1.54) is 6.07 Å². The van der Waals surface area contributed by atoms with Gasteiger partial charge in [-0.15, -0.1) is 0 Å². The molecule has 0 aliphatic carbocycles. The molecule has 7 heteroatoms. The van der Waals surface area contributed by atoms with Gasteiger partial charge in [0.15, 0.2) is 0 Å². The van der Waals surface area contributed by atoms with Gasteiger partial charge in [0, 0.05) is 19.2 Å². The Kier molecular flexibility index (Phi) is 3.68. The molecule has 1 aromatic heterocycles. The van der Waals surface area contributed by atoms with E-state index in [1.54, 1.807) is 6.07 Å². The van der Waals surface area contributed by atoms with E-state index in [4.69, 9.17) is 16.3 Å². The number of hydrogen-bond acceptors (Lipinski definition) is 5. The van der Waals surface area contributed by atoms with Gasteiger partial charge in [0.2, 0.25) is 5.15 Å². The molecule has 0 saturated carbocycles. The summed E-state index contributed by atoms with van der Waals surface area (Å²) in [7, 11) is 0. The first-order valence-electron chi connectivity index (χ1n) is 5.68. The lowest BCUT2D eigenvalue weighted by Gasteiger charge is -2.36. The fourth-order valence-electron chi connectivity index (χ4n) is 2.09. The Morgan fingerprint density at radius 2 is 2.06 bits per heavy atom. The molecular weight excluding hydrogens is 258 g/mol. The van der Waals surface area contributed by atoms with Gasteiger partial charge in [0.25, 0.3) is 0 Å². The fourth-order valence-corrected chi connectivity index (χ4v) is 2.31. The summed E-state index contributed by atoms with van der Waals surface area (Å²) in [4.78, 5) is 16.2. The van der Waals surface area contributed by atoms with Crippen molar-refractivity contribution in [3.8, 4) is 0 Å². The van der Waals surface area contributed by atoms with Crippen LogP contribution in [0.15, 0.2) is 12.1 Å². The maximum atomic E-state index is 10.7. The molecular formula is C11H14ClN3O3. The second-order valence-electron chi connectivity index (χ2n) is 4.40. The van der Waals surface area contributed by atoms with Gasteiger partial charge in [-0.25, -0.2) is 4.98 Å². The summed E-state index contributed by atoms with van der Waals surface area (Å²) < 4.78 is 5.62. The topological polar surface area (TPSA) is 68.5 Å². The Bertz CT molecular complexity index is 459. The summed E-state index contributed by atoms with van der Waals surface area (Å²) >= 11 is 5.81. The van der Waals surface area contributed by atoms with Crippen molar-refractivity contribution in [3.63, 3.8) is 0 Å². The number of nitrogens with zero attached hydrogens (tertiary/aromatic N) is 3. The summed E-state index contributed by atoms with van der Waals surface area (Å²) in [5.74, 6) is 0.646. The third-order valence-corrected chi connectivity index (χ3v) is 3.03. The van der Waals surface area contributed by atoms with Gasteiger partial charge in [0.05, 0.1) is 17.1 Å². The van der Waals surface area contributed by atoms with Gasteiger partial charge in [-0.05, 0) is 19.9 Å². The van der Waals surface area contributed by atoms with Crippen molar-refractivity contribution in [3.05, 3.63) is 27.4 Å². The molecule has 0 amide bonds. The van der Waals surface area contributed by atoms with Crippen molar-refractivity contribution in [2.24, 2.45) is 0 Å². The third-order valence-electron chi connectivity index (χ3n) is 2.75. The first-order valence-corrected chi connectivity index (χ1v) is 6.06. The molecule has 6 nitrogen and oxygen atoms in total. The quantitative estimate of drug-likeness (QED) is 0.469. The number of aromatic nitrogens is 1. The average Bonchev–Trinajstić information content (AvgIpc) is 2.26. The monoisotopic (exact) mass is 271 g/mol.